The van der Waals surface area contributed by atoms with Gasteiger partial charge in [0.05, 0.1) is 12.8 Å². The van der Waals surface area contributed by atoms with E-state index in [4.69, 9.17) is 0 Å². The SMILES string of the molecule is COC(=O)CCCNC(=O)c1nn(-c2ccc(Br)cc2)c(=O)cc1O. The minimum absolute atomic E-state index is 0.161. The van der Waals surface area contributed by atoms with E-state index >= 15 is 0 Å². The van der Waals surface area contributed by atoms with E-state index < -0.39 is 17.2 Å². The fraction of sp³-hybridized carbons (Fsp3) is 0.250. The standard InChI is InChI=1S/C16H16BrN3O5/c1-25-14(23)3-2-8-18-16(24)15-12(21)9-13(22)20(19-15)11-6-4-10(17)5-7-11/h4-7,9,21H,2-3,8H2,1H3,(H,18,24). The van der Waals surface area contributed by atoms with Crippen LogP contribution in [0.5, 0.6) is 5.75 Å². The van der Waals surface area contributed by atoms with Gasteiger partial charge in [0.15, 0.2) is 11.4 Å². The average Bonchev–Trinajstić information content (AvgIpc) is 2.59. The second-order valence-electron chi connectivity index (χ2n) is 5.04. The summed E-state index contributed by atoms with van der Waals surface area (Å²) in [6, 6.07) is 7.67. The van der Waals surface area contributed by atoms with Crippen LogP contribution in [0.2, 0.25) is 0 Å². The van der Waals surface area contributed by atoms with Gasteiger partial charge in [-0.2, -0.15) is 9.78 Å². The average molecular weight is 410 g/mol. The Kier molecular flexibility index (Phi) is 6.29. The van der Waals surface area contributed by atoms with Gasteiger partial charge in [-0.1, -0.05) is 15.9 Å². The van der Waals surface area contributed by atoms with E-state index in [0.29, 0.717) is 12.1 Å². The highest BCUT2D eigenvalue weighted by molar-refractivity contribution is 9.10. The number of ether oxygens (including phenoxy) is 1. The van der Waals surface area contributed by atoms with Crippen molar-refractivity contribution in [3.05, 3.63) is 50.9 Å². The van der Waals surface area contributed by atoms with Crippen molar-refractivity contribution >= 4 is 27.8 Å². The molecule has 8 nitrogen and oxygen atoms in total. The van der Waals surface area contributed by atoms with Crippen LogP contribution >= 0.6 is 15.9 Å². The Labute approximate surface area is 151 Å². The van der Waals surface area contributed by atoms with Gasteiger partial charge >= 0.3 is 5.97 Å². The maximum Gasteiger partial charge on any atom is 0.305 e. The summed E-state index contributed by atoms with van der Waals surface area (Å²) in [6.07, 6.45) is 0.542. The molecule has 0 saturated carbocycles. The minimum atomic E-state index is -0.645. The molecule has 0 radical (unpaired) electrons. The molecule has 1 aromatic carbocycles. The lowest BCUT2D eigenvalue weighted by molar-refractivity contribution is -0.140. The number of hydrogen-bond donors (Lipinski definition) is 2. The largest absolute Gasteiger partial charge is 0.505 e. The lowest BCUT2D eigenvalue weighted by Gasteiger charge is -2.09. The molecule has 2 N–H and O–H groups in total. The third-order valence-electron chi connectivity index (χ3n) is 3.27. The van der Waals surface area contributed by atoms with Crippen LogP contribution in [-0.4, -0.2) is 40.4 Å². The van der Waals surface area contributed by atoms with Gasteiger partial charge in [0.25, 0.3) is 11.5 Å². The maximum absolute atomic E-state index is 12.2. The predicted octanol–water partition coefficient (Wildman–Crippen LogP) is 1.38. The molecule has 0 aliphatic heterocycles. The second kappa shape index (κ2) is 8.43. The first-order valence-corrected chi connectivity index (χ1v) is 8.16. The van der Waals surface area contributed by atoms with Crippen molar-refractivity contribution in [2.24, 2.45) is 0 Å². The van der Waals surface area contributed by atoms with Crippen molar-refractivity contribution in [1.82, 2.24) is 15.1 Å². The zero-order valence-electron chi connectivity index (χ0n) is 13.4. The number of amides is 1. The number of carbonyl (C=O) groups excluding carboxylic acids is 2. The van der Waals surface area contributed by atoms with Crippen molar-refractivity contribution < 1.29 is 19.4 Å². The molecular weight excluding hydrogens is 394 g/mol. The van der Waals surface area contributed by atoms with Crippen LogP contribution in [0.25, 0.3) is 5.69 Å². The number of methoxy groups -OCH3 is 1. The lowest BCUT2D eigenvalue weighted by atomic mass is 10.3. The zero-order valence-corrected chi connectivity index (χ0v) is 14.9. The van der Waals surface area contributed by atoms with E-state index in [1.54, 1.807) is 24.3 Å². The topological polar surface area (TPSA) is 111 Å². The molecule has 0 spiro atoms. The van der Waals surface area contributed by atoms with Crippen LogP contribution < -0.4 is 10.9 Å². The zero-order chi connectivity index (χ0) is 18.4. The third kappa shape index (κ3) is 4.90. The Bertz CT molecular complexity index is 833. The smallest absolute Gasteiger partial charge is 0.305 e. The van der Waals surface area contributed by atoms with Crippen LogP contribution in [-0.2, 0) is 9.53 Å². The van der Waals surface area contributed by atoms with E-state index in [1.165, 1.54) is 7.11 Å². The molecule has 1 amide bonds. The van der Waals surface area contributed by atoms with Gasteiger partial charge < -0.3 is 15.2 Å². The number of aromatic hydroxyl groups is 1. The Hall–Kier alpha value is -2.68. The van der Waals surface area contributed by atoms with E-state index in [0.717, 1.165) is 15.2 Å². The highest BCUT2D eigenvalue weighted by Gasteiger charge is 2.16. The normalized spacial score (nSPS) is 10.3. The molecule has 0 bridgehead atoms. The van der Waals surface area contributed by atoms with Gasteiger partial charge in [-0.05, 0) is 30.7 Å². The first kappa shape index (κ1) is 18.7. The van der Waals surface area contributed by atoms with Crippen LogP contribution in [0.4, 0.5) is 0 Å². The summed E-state index contributed by atoms with van der Waals surface area (Å²) in [7, 11) is 1.29. The quantitative estimate of drug-likeness (QED) is 0.550. The number of esters is 1. The summed E-state index contributed by atoms with van der Waals surface area (Å²) in [4.78, 5) is 35.2. The molecule has 0 aliphatic rings. The molecule has 2 rings (SSSR count). The third-order valence-corrected chi connectivity index (χ3v) is 3.80. The molecule has 0 saturated heterocycles. The number of hydrogen-bond acceptors (Lipinski definition) is 6. The summed E-state index contributed by atoms with van der Waals surface area (Å²) in [6.45, 7) is 0.201. The molecule has 1 heterocycles. The fourth-order valence-corrected chi connectivity index (χ4v) is 2.26. The van der Waals surface area contributed by atoms with Crippen molar-refractivity contribution in [1.29, 1.82) is 0 Å². The molecular formula is C16H16BrN3O5. The summed E-state index contributed by atoms with van der Waals surface area (Å²) < 4.78 is 6.35. The Balaban J connectivity index is 2.16. The van der Waals surface area contributed by atoms with Crippen molar-refractivity contribution in [2.75, 3.05) is 13.7 Å². The molecule has 1 aromatic heterocycles. The van der Waals surface area contributed by atoms with E-state index in [-0.39, 0.29) is 24.6 Å². The van der Waals surface area contributed by atoms with Gasteiger partial charge in [0.1, 0.15) is 0 Å². The van der Waals surface area contributed by atoms with E-state index in [1.807, 2.05) is 0 Å². The summed E-state index contributed by atoms with van der Waals surface area (Å²) in [5.41, 5.74) is -0.393. The number of carbonyl (C=O) groups is 2. The highest BCUT2D eigenvalue weighted by atomic mass is 79.9. The lowest BCUT2D eigenvalue weighted by Crippen LogP contribution is -2.30. The first-order chi connectivity index (χ1) is 11.9. The van der Waals surface area contributed by atoms with Crippen molar-refractivity contribution in [2.45, 2.75) is 12.8 Å². The van der Waals surface area contributed by atoms with Crippen LogP contribution in [0.15, 0.2) is 39.6 Å². The number of benzene rings is 1. The number of halogens is 1. The predicted molar refractivity (Wildman–Crippen MR) is 92.8 cm³/mol. The Morgan fingerprint density at radius 3 is 2.64 bits per heavy atom. The van der Waals surface area contributed by atoms with Gasteiger partial charge in [0, 0.05) is 23.5 Å². The Morgan fingerprint density at radius 2 is 2.00 bits per heavy atom. The summed E-state index contributed by atoms with van der Waals surface area (Å²) in [5.74, 6) is -1.53. The van der Waals surface area contributed by atoms with Crippen molar-refractivity contribution in [3.8, 4) is 11.4 Å². The number of nitrogens with one attached hydrogen (secondary N) is 1. The fourth-order valence-electron chi connectivity index (χ4n) is 2.00. The van der Waals surface area contributed by atoms with Gasteiger partial charge in [-0.3, -0.25) is 14.4 Å². The maximum atomic E-state index is 12.2. The van der Waals surface area contributed by atoms with Gasteiger partial charge in [-0.25, -0.2) is 0 Å². The van der Waals surface area contributed by atoms with Crippen LogP contribution in [0.1, 0.15) is 23.3 Å². The van der Waals surface area contributed by atoms with E-state index in [9.17, 15) is 19.5 Å². The molecule has 0 atom stereocenters. The van der Waals surface area contributed by atoms with Gasteiger partial charge in [0.2, 0.25) is 0 Å². The second-order valence-corrected chi connectivity index (χ2v) is 5.96. The van der Waals surface area contributed by atoms with Crippen LogP contribution in [0, 0.1) is 0 Å². The molecule has 2 aromatic rings. The minimum Gasteiger partial charge on any atom is -0.505 e. The molecule has 132 valence electrons. The highest BCUT2D eigenvalue weighted by Crippen LogP contribution is 2.15. The first-order valence-electron chi connectivity index (χ1n) is 7.36. The Morgan fingerprint density at radius 1 is 1.32 bits per heavy atom. The number of rotatable bonds is 6. The monoisotopic (exact) mass is 409 g/mol. The molecule has 0 fully saturated rings. The van der Waals surface area contributed by atoms with Crippen LogP contribution in [0.3, 0.4) is 0 Å². The molecule has 0 unspecified atom stereocenters. The summed E-state index contributed by atoms with van der Waals surface area (Å²) in [5, 5.41) is 16.3. The van der Waals surface area contributed by atoms with E-state index in [2.05, 4.69) is 31.1 Å². The number of nitrogens with zero attached hydrogens (tertiary/aromatic N) is 2. The summed E-state index contributed by atoms with van der Waals surface area (Å²) >= 11 is 3.29. The molecule has 9 heteroatoms. The molecule has 0 aliphatic carbocycles. The molecule has 25 heavy (non-hydrogen) atoms. The number of aromatic nitrogens is 2. The van der Waals surface area contributed by atoms with Gasteiger partial charge in [-0.15, -0.1) is 0 Å². The van der Waals surface area contributed by atoms with Crippen molar-refractivity contribution in [3.63, 3.8) is 0 Å².